The summed E-state index contributed by atoms with van der Waals surface area (Å²) in [7, 11) is 0. The number of rotatable bonds is 2. The second-order valence-electron chi connectivity index (χ2n) is 4.48. The normalized spacial score (nSPS) is 18.6. The minimum Gasteiger partial charge on any atom is -0.486 e. The van der Waals surface area contributed by atoms with Crippen LogP contribution in [0.25, 0.3) is 0 Å². The molecular weight excluding hydrogens is 286 g/mol. The molecule has 0 aliphatic carbocycles. The highest BCUT2D eigenvalue weighted by Crippen LogP contribution is 2.37. The molecule has 2 nitrogen and oxygen atoms in total. The number of alkyl halides is 1. The van der Waals surface area contributed by atoms with Gasteiger partial charge in [0.25, 0.3) is 0 Å². The van der Waals surface area contributed by atoms with E-state index in [1.165, 1.54) is 12.1 Å². The van der Waals surface area contributed by atoms with E-state index in [-0.39, 0.29) is 12.2 Å². The number of benzene rings is 2. The van der Waals surface area contributed by atoms with Gasteiger partial charge in [0.1, 0.15) is 23.6 Å². The minimum absolute atomic E-state index is 0.195. The molecule has 104 valence electrons. The lowest BCUT2D eigenvalue weighted by Crippen LogP contribution is -2.33. The van der Waals surface area contributed by atoms with Gasteiger partial charge in [-0.25, -0.2) is 8.78 Å². The summed E-state index contributed by atoms with van der Waals surface area (Å²) < 4.78 is 37.9. The third-order valence-electron chi connectivity index (χ3n) is 3.12. The van der Waals surface area contributed by atoms with Gasteiger partial charge in [-0.3, -0.25) is 0 Å². The SMILES string of the molecule is Fc1ccc(C(Cl)C2COc3ccccc3O2)c(F)c1. The molecule has 1 heterocycles. The summed E-state index contributed by atoms with van der Waals surface area (Å²) in [6.45, 7) is 0.210. The van der Waals surface area contributed by atoms with Gasteiger partial charge in [-0.05, 0) is 18.2 Å². The van der Waals surface area contributed by atoms with E-state index in [2.05, 4.69) is 0 Å². The maximum atomic E-state index is 13.7. The first kappa shape index (κ1) is 13.2. The van der Waals surface area contributed by atoms with Crippen LogP contribution in [0.1, 0.15) is 10.9 Å². The standard InChI is InChI=1S/C15H11ClF2O2/c16-15(10-6-5-9(17)7-11(10)18)14-8-19-12-3-1-2-4-13(12)20-14/h1-7,14-15H,8H2. The maximum absolute atomic E-state index is 13.7. The van der Waals surface area contributed by atoms with Gasteiger partial charge in [0.15, 0.2) is 17.6 Å². The van der Waals surface area contributed by atoms with E-state index in [9.17, 15) is 8.78 Å². The van der Waals surface area contributed by atoms with Crippen LogP contribution in [0.5, 0.6) is 11.5 Å². The molecule has 3 rings (SSSR count). The van der Waals surface area contributed by atoms with Gasteiger partial charge in [-0.1, -0.05) is 18.2 Å². The summed E-state index contributed by atoms with van der Waals surface area (Å²) >= 11 is 6.24. The highest BCUT2D eigenvalue weighted by molar-refractivity contribution is 6.21. The lowest BCUT2D eigenvalue weighted by molar-refractivity contribution is 0.0870. The van der Waals surface area contributed by atoms with Crippen molar-refractivity contribution >= 4 is 11.6 Å². The van der Waals surface area contributed by atoms with Crippen LogP contribution in [0, 0.1) is 11.6 Å². The highest BCUT2D eigenvalue weighted by atomic mass is 35.5. The van der Waals surface area contributed by atoms with E-state index in [0.29, 0.717) is 11.5 Å². The smallest absolute Gasteiger partial charge is 0.161 e. The first-order valence-corrected chi connectivity index (χ1v) is 6.56. The van der Waals surface area contributed by atoms with Crippen LogP contribution in [0.4, 0.5) is 8.78 Å². The molecule has 0 amide bonds. The Kier molecular flexibility index (Phi) is 3.49. The minimum atomic E-state index is -0.760. The molecule has 2 unspecified atom stereocenters. The molecule has 0 bridgehead atoms. The Morgan fingerprint density at radius 2 is 1.85 bits per heavy atom. The second-order valence-corrected chi connectivity index (χ2v) is 4.95. The van der Waals surface area contributed by atoms with Crippen molar-refractivity contribution in [3.8, 4) is 11.5 Å². The van der Waals surface area contributed by atoms with Crippen molar-refractivity contribution in [2.24, 2.45) is 0 Å². The summed E-state index contributed by atoms with van der Waals surface area (Å²) in [5.74, 6) is -0.127. The zero-order chi connectivity index (χ0) is 14.1. The molecule has 1 aliphatic rings. The summed E-state index contributed by atoms with van der Waals surface area (Å²) in [6.07, 6.45) is -0.536. The van der Waals surface area contributed by atoms with Crippen molar-refractivity contribution in [2.75, 3.05) is 6.61 Å². The average molecular weight is 297 g/mol. The predicted octanol–water partition coefficient (Wildman–Crippen LogP) is 4.08. The number of hydrogen-bond donors (Lipinski definition) is 0. The van der Waals surface area contributed by atoms with E-state index >= 15 is 0 Å². The molecule has 2 aromatic rings. The summed E-state index contributed by atoms with van der Waals surface area (Å²) in [5, 5.41) is -0.760. The third kappa shape index (κ3) is 2.43. The quantitative estimate of drug-likeness (QED) is 0.777. The van der Waals surface area contributed by atoms with Gasteiger partial charge in [0.05, 0.1) is 0 Å². The molecule has 20 heavy (non-hydrogen) atoms. The van der Waals surface area contributed by atoms with Crippen LogP contribution in [-0.2, 0) is 0 Å². The summed E-state index contributed by atoms with van der Waals surface area (Å²) in [5.41, 5.74) is 0.195. The van der Waals surface area contributed by atoms with Crippen molar-refractivity contribution in [3.63, 3.8) is 0 Å². The van der Waals surface area contributed by atoms with Crippen molar-refractivity contribution in [1.29, 1.82) is 0 Å². The van der Waals surface area contributed by atoms with Gasteiger partial charge >= 0.3 is 0 Å². The van der Waals surface area contributed by atoms with Gasteiger partial charge in [0, 0.05) is 11.6 Å². The zero-order valence-corrected chi connectivity index (χ0v) is 11.1. The fourth-order valence-corrected chi connectivity index (χ4v) is 2.41. The number of ether oxygens (including phenoxy) is 2. The first-order chi connectivity index (χ1) is 9.65. The van der Waals surface area contributed by atoms with Crippen LogP contribution >= 0.6 is 11.6 Å². The molecule has 1 aliphatic heterocycles. The molecule has 2 atom stereocenters. The van der Waals surface area contributed by atoms with E-state index < -0.39 is 23.1 Å². The van der Waals surface area contributed by atoms with Crippen molar-refractivity contribution in [3.05, 3.63) is 59.7 Å². The lowest BCUT2D eigenvalue weighted by Gasteiger charge is -2.29. The van der Waals surface area contributed by atoms with Crippen molar-refractivity contribution in [1.82, 2.24) is 0 Å². The lowest BCUT2D eigenvalue weighted by atomic mass is 10.1. The van der Waals surface area contributed by atoms with Crippen LogP contribution in [0.3, 0.4) is 0 Å². The molecule has 5 heteroatoms. The fraction of sp³-hybridized carbons (Fsp3) is 0.200. The molecule has 0 aromatic heterocycles. The zero-order valence-electron chi connectivity index (χ0n) is 10.4. The van der Waals surface area contributed by atoms with Gasteiger partial charge in [0.2, 0.25) is 0 Å². The van der Waals surface area contributed by atoms with Gasteiger partial charge < -0.3 is 9.47 Å². The van der Waals surface area contributed by atoms with Crippen molar-refractivity contribution < 1.29 is 18.3 Å². The first-order valence-electron chi connectivity index (χ1n) is 6.12. The summed E-state index contributed by atoms with van der Waals surface area (Å²) in [4.78, 5) is 0. The number of para-hydroxylation sites is 2. The third-order valence-corrected chi connectivity index (χ3v) is 3.63. The van der Waals surface area contributed by atoms with E-state index in [4.69, 9.17) is 21.1 Å². The van der Waals surface area contributed by atoms with E-state index in [1.54, 1.807) is 12.1 Å². The maximum Gasteiger partial charge on any atom is 0.161 e. The Balaban J connectivity index is 1.84. The van der Waals surface area contributed by atoms with Gasteiger partial charge in [-0.2, -0.15) is 0 Å². The Bertz CT molecular complexity index is 633. The van der Waals surface area contributed by atoms with Crippen LogP contribution in [-0.4, -0.2) is 12.7 Å². The molecule has 0 saturated heterocycles. The highest BCUT2D eigenvalue weighted by Gasteiger charge is 2.30. The monoisotopic (exact) mass is 296 g/mol. The predicted molar refractivity (Wildman–Crippen MR) is 71.3 cm³/mol. The largest absolute Gasteiger partial charge is 0.486 e. The molecule has 0 saturated carbocycles. The molecule has 2 aromatic carbocycles. The Morgan fingerprint density at radius 3 is 2.60 bits per heavy atom. The summed E-state index contributed by atoms with van der Waals surface area (Å²) in [6, 6.07) is 10.5. The number of fused-ring (bicyclic) bond motifs is 1. The fourth-order valence-electron chi connectivity index (χ4n) is 2.11. The molecule has 0 fully saturated rings. The van der Waals surface area contributed by atoms with Crippen LogP contribution in [0.15, 0.2) is 42.5 Å². The Hall–Kier alpha value is -1.81. The number of hydrogen-bond acceptors (Lipinski definition) is 2. The van der Waals surface area contributed by atoms with Crippen LogP contribution < -0.4 is 9.47 Å². The molecule has 0 radical (unpaired) electrons. The van der Waals surface area contributed by atoms with Gasteiger partial charge in [-0.15, -0.1) is 11.6 Å². The molecular formula is C15H11ClF2O2. The number of halogens is 3. The second kappa shape index (κ2) is 5.29. The average Bonchev–Trinajstić information content (AvgIpc) is 2.46. The topological polar surface area (TPSA) is 18.5 Å². The molecule has 0 N–H and O–H groups in total. The molecule has 0 spiro atoms. The Morgan fingerprint density at radius 1 is 1.10 bits per heavy atom. The van der Waals surface area contributed by atoms with Crippen LogP contribution in [0.2, 0.25) is 0 Å². The van der Waals surface area contributed by atoms with E-state index in [0.717, 1.165) is 6.07 Å². The van der Waals surface area contributed by atoms with E-state index in [1.807, 2.05) is 12.1 Å². The Labute approximate surface area is 119 Å². The van der Waals surface area contributed by atoms with Crippen molar-refractivity contribution in [2.45, 2.75) is 11.5 Å².